The lowest BCUT2D eigenvalue weighted by Crippen LogP contribution is -2.55. The molecule has 0 saturated carbocycles. The fraction of sp³-hybridized carbons (Fsp3) is 0.250. The van der Waals surface area contributed by atoms with Gasteiger partial charge < -0.3 is 19.3 Å². The molecule has 1 saturated heterocycles. The topological polar surface area (TPSA) is 59.1 Å². The standard InChI is InChI=1S/C24H22N2O4/c27-23(19-9-5-7-17-6-1-2-8-18(17)19)25-12-14-26(15-13-25)24(28)22-16-29-20-10-3-4-11-21(20)30-22/h1-11,22H,12-16H2. The van der Waals surface area contributed by atoms with Crippen LogP contribution in [0.25, 0.3) is 10.8 Å². The Morgan fingerprint density at radius 2 is 1.43 bits per heavy atom. The second kappa shape index (κ2) is 7.71. The number of carbonyl (C=O) groups excluding carboxylic acids is 2. The van der Waals surface area contributed by atoms with Crippen molar-refractivity contribution < 1.29 is 19.1 Å². The fourth-order valence-electron chi connectivity index (χ4n) is 4.06. The highest BCUT2D eigenvalue weighted by atomic mass is 16.6. The van der Waals surface area contributed by atoms with E-state index in [0.717, 1.165) is 10.8 Å². The number of rotatable bonds is 2. The van der Waals surface area contributed by atoms with Gasteiger partial charge in [0.05, 0.1) is 0 Å². The molecule has 0 aromatic heterocycles. The van der Waals surface area contributed by atoms with E-state index in [4.69, 9.17) is 9.47 Å². The first-order valence-electron chi connectivity index (χ1n) is 10.1. The average Bonchev–Trinajstić information content (AvgIpc) is 2.82. The number of para-hydroxylation sites is 2. The Bertz CT molecular complexity index is 1100. The van der Waals surface area contributed by atoms with Crippen molar-refractivity contribution in [1.82, 2.24) is 9.80 Å². The molecule has 1 unspecified atom stereocenters. The van der Waals surface area contributed by atoms with Crippen molar-refractivity contribution >= 4 is 22.6 Å². The van der Waals surface area contributed by atoms with Crippen LogP contribution < -0.4 is 9.47 Å². The zero-order valence-corrected chi connectivity index (χ0v) is 16.5. The molecule has 2 aliphatic heterocycles. The number of benzene rings is 3. The molecule has 1 fully saturated rings. The Morgan fingerprint density at radius 3 is 2.27 bits per heavy atom. The van der Waals surface area contributed by atoms with E-state index in [0.29, 0.717) is 43.2 Å². The maximum atomic E-state index is 13.1. The summed E-state index contributed by atoms with van der Waals surface area (Å²) in [6.07, 6.45) is -0.653. The van der Waals surface area contributed by atoms with E-state index >= 15 is 0 Å². The number of amides is 2. The van der Waals surface area contributed by atoms with Gasteiger partial charge in [-0.2, -0.15) is 0 Å². The molecule has 1 atom stereocenters. The number of fused-ring (bicyclic) bond motifs is 2. The van der Waals surface area contributed by atoms with Gasteiger partial charge in [0.1, 0.15) is 6.61 Å². The van der Waals surface area contributed by atoms with Gasteiger partial charge in [-0.05, 0) is 29.0 Å². The van der Waals surface area contributed by atoms with Crippen molar-refractivity contribution in [2.75, 3.05) is 32.8 Å². The maximum absolute atomic E-state index is 13.1. The van der Waals surface area contributed by atoms with E-state index in [1.54, 1.807) is 11.0 Å². The summed E-state index contributed by atoms with van der Waals surface area (Å²) >= 11 is 0. The minimum Gasteiger partial charge on any atom is -0.485 e. The SMILES string of the molecule is O=C(c1cccc2ccccc12)N1CCN(C(=O)C2COc3ccccc3O2)CC1. The van der Waals surface area contributed by atoms with Crippen LogP contribution in [0.1, 0.15) is 10.4 Å². The van der Waals surface area contributed by atoms with Crippen LogP contribution in [-0.4, -0.2) is 60.5 Å². The number of carbonyl (C=O) groups is 2. The molecule has 6 nitrogen and oxygen atoms in total. The zero-order chi connectivity index (χ0) is 20.5. The molecule has 2 amide bonds. The van der Waals surface area contributed by atoms with Crippen molar-refractivity contribution in [2.24, 2.45) is 0 Å². The highest BCUT2D eigenvalue weighted by Gasteiger charge is 2.33. The van der Waals surface area contributed by atoms with E-state index in [1.807, 2.05) is 65.6 Å². The summed E-state index contributed by atoms with van der Waals surface area (Å²) in [4.78, 5) is 29.6. The average molecular weight is 402 g/mol. The summed E-state index contributed by atoms with van der Waals surface area (Å²) in [5.74, 6) is 1.16. The summed E-state index contributed by atoms with van der Waals surface area (Å²) in [5, 5.41) is 2.00. The number of ether oxygens (including phenoxy) is 2. The van der Waals surface area contributed by atoms with E-state index in [-0.39, 0.29) is 18.4 Å². The number of hydrogen-bond donors (Lipinski definition) is 0. The molecule has 30 heavy (non-hydrogen) atoms. The van der Waals surface area contributed by atoms with Gasteiger partial charge >= 0.3 is 0 Å². The lowest BCUT2D eigenvalue weighted by molar-refractivity contribution is -0.142. The van der Waals surface area contributed by atoms with Gasteiger partial charge in [-0.15, -0.1) is 0 Å². The van der Waals surface area contributed by atoms with Gasteiger partial charge in [0, 0.05) is 31.7 Å². The highest BCUT2D eigenvalue weighted by molar-refractivity contribution is 6.07. The smallest absolute Gasteiger partial charge is 0.267 e. The van der Waals surface area contributed by atoms with Crippen LogP contribution in [-0.2, 0) is 4.79 Å². The van der Waals surface area contributed by atoms with Gasteiger partial charge in [-0.25, -0.2) is 0 Å². The molecule has 3 aromatic rings. The van der Waals surface area contributed by atoms with Gasteiger partial charge in [-0.1, -0.05) is 48.5 Å². The Morgan fingerprint density at radius 1 is 0.767 bits per heavy atom. The monoisotopic (exact) mass is 402 g/mol. The first kappa shape index (κ1) is 18.5. The second-order valence-electron chi connectivity index (χ2n) is 7.51. The van der Waals surface area contributed by atoms with Crippen LogP contribution in [0.4, 0.5) is 0 Å². The summed E-state index contributed by atoms with van der Waals surface area (Å²) in [6.45, 7) is 2.16. The van der Waals surface area contributed by atoms with Crippen molar-refractivity contribution in [3.8, 4) is 11.5 Å². The highest BCUT2D eigenvalue weighted by Crippen LogP contribution is 2.31. The Labute approximate surface area is 174 Å². The molecule has 5 rings (SSSR count). The predicted octanol–water partition coefficient (Wildman–Crippen LogP) is 2.96. The van der Waals surface area contributed by atoms with Crippen LogP contribution >= 0.6 is 0 Å². The Kier molecular flexibility index (Phi) is 4.75. The lowest BCUT2D eigenvalue weighted by atomic mass is 10.0. The van der Waals surface area contributed by atoms with Crippen molar-refractivity contribution in [3.63, 3.8) is 0 Å². The van der Waals surface area contributed by atoms with Crippen molar-refractivity contribution in [1.29, 1.82) is 0 Å². The largest absolute Gasteiger partial charge is 0.485 e. The van der Waals surface area contributed by atoms with Crippen LogP contribution in [0.5, 0.6) is 11.5 Å². The molecular formula is C24H22N2O4. The number of hydrogen-bond acceptors (Lipinski definition) is 4. The van der Waals surface area contributed by atoms with Crippen LogP contribution in [0.2, 0.25) is 0 Å². The molecule has 2 aliphatic rings. The third kappa shape index (κ3) is 3.34. The normalized spacial score (nSPS) is 18.3. The summed E-state index contributed by atoms with van der Waals surface area (Å²) in [7, 11) is 0. The third-order valence-corrected chi connectivity index (χ3v) is 5.68. The molecule has 0 N–H and O–H groups in total. The Balaban J connectivity index is 1.24. The molecular weight excluding hydrogens is 380 g/mol. The lowest BCUT2D eigenvalue weighted by Gasteiger charge is -2.37. The van der Waals surface area contributed by atoms with Crippen LogP contribution in [0.3, 0.4) is 0 Å². The predicted molar refractivity (Wildman–Crippen MR) is 113 cm³/mol. The molecule has 152 valence electrons. The number of nitrogens with zero attached hydrogens (tertiary/aromatic N) is 2. The number of piperazine rings is 1. The Hall–Kier alpha value is -3.54. The molecule has 3 aromatic carbocycles. The summed E-state index contributed by atoms with van der Waals surface area (Å²) < 4.78 is 11.5. The van der Waals surface area contributed by atoms with Crippen LogP contribution in [0.15, 0.2) is 66.7 Å². The van der Waals surface area contributed by atoms with Crippen LogP contribution in [0, 0.1) is 0 Å². The molecule has 0 radical (unpaired) electrons. The summed E-state index contributed by atoms with van der Waals surface area (Å²) in [6, 6.07) is 21.0. The van der Waals surface area contributed by atoms with Crippen molar-refractivity contribution in [3.05, 3.63) is 72.3 Å². The minimum absolute atomic E-state index is 0.00470. The molecule has 0 bridgehead atoms. The van der Waals surface area contributed by atoms with Gasteiger partial charge in [0.15, 0.2) is 11.5 Å². The molecule has 0 aliphatic carbocycles. The van der Waals surface area contributed by atoms with Crippen molar-refractivity contribution in [2.45, 2.75) is 6.10 Å². The van der Waals surface area contributed by atoms with E-state index in [2.05, 4.69) is 0 Å². The molecule has 6 heteroatoms. The first-order chi connectivity index (χ1) is 14.7. The second-order valence-corrected chi connectivity index (χ2v) is 7.51. The third-order valence-electron chi connectivity index (χ3n) is 5.68. The van der Waals surface area contributed by atoms with Gasteiger partial charge in [-0.3, -0.25) is 9.59 Å². The fourth-order valence-corrected chi connectivity index (χ4v) is 4.06. The van der Waals surface area contributed by atoms with Gasteiger partial charge in [0.2, 0.25) is 6.10 Å². The molecule has 0 spiro atoms. The summed E-state index contributed by atoms with van der Waals surface area (Å²) in [5.41, 5.74) is 0.702. The first-order valence-corrected chi connectivity index (χ1v) is 10.1. The zero-order valence-electron chi connectivity index (χ0n) is 16.5. The quantitative estimate of drug-likeness (QED) is 0.661. The van der Waals surface area contributed by atoms with E-state index < -0.39 is 6.10 Å². The van der Waals surface area contributed by atoms with Gasteiger partial charge in [0.25, 0.3) is 11.8 Å². The minimum atomic E-state index is -0.653. The molecule has 2 heterocycles. The van der Waals surface area contributed by atoms with E-state index in [9.17, 15) is 9.59 Å². The van der Waals surface area contributed by atoms with E-state index in [1.165, 1.54) is 0 Å². The maximum Gasteiger partial charge on any atom is 0.267 e.